The van der Waals surface area contributed by atoms with E-state index in [9.17, 15) is 13.2 Å². The molecule has 1 saturated heterocycles. The van der Waals surface area contributed by atoms with Gasteiger partial charge in [0.2, 0.25) is 0 Å². The lowest BCUT2D eigenvalue weighted by Crippen LogP contribution is -2.42. The largest absolute Gasteiger partial charge is 0.338 e. The molecular weight excluding hydrogens is 440 g/mol. The van der Waals surface area contributed by atoms with Crippen LogP contribution >= 0.6 is 15.9 Å². The number of likely N-dealkylation sites (tertiary alicyclic amines) is 1. The second-order valence-electron chi connectivity index (χ2n) is 7.77. The van der Waals surface area contributed by atoms with Gasteiger partial charge in [0.15, 0.2) is 0 Å². The lowest BCUT2D eigenvalue weighted by molar-refractivity contribution is 0.0623. The van der Waals surface area contributed by atoms with Gasteiger partial charge in [-0.2, -0.15) is 0 Å². The maximum Gasteiger partial charge on any atom is 0.261 e. The molecule has 5 nitrogen and oxygen atoms in total. The number of halogens is 1. The SMILES string of the molecule is Cc1ccc(Br)c(NS(=O)(=O)c2cccc(C(=O)N3CC(C)CC(C)C3)c2)c1. The molecule has 1 N–H and O–H groups in total. The maximum atomic E-state index is 12.9. The molecule has 1 aliphatic heterocycles. The summed E-state index contributed by atoms with van der Waals surface area (Å²) in [5.74, 6) is 0.770. The molecule has 0 saturated carbocycles. The van der Waals surface area contributed by atoms with Crippen molar-refractivity contribution in [1.29, 1.82) is 0 Å². The van der Waals surface area contributed by atoms with Gasteiger partial charge in [-0.1, -0.05) is 26.0 Å². The van der Waals surface area contributed by atoms with Crippen LogP contribution in [0.25, 0.3) is 0 Å². The van der Waals surface area contributed by atoms with Gasteiger partial charge in [0.05, 0.1) is 10.6 Å². The molecule has 7 heteroatoms. The zero-order chi connectivity index (χ0) is 20.5. The van der Waals surface area contributed by atoms with E-state index < -0.39 is 10.0 Å². The summed E-state index contributed by atoms with van der Waals surface area (Å²) < 4.78 is 29.0. The van der Waals surface area contributed by atoms with Crippen LogP contribution < -0.4 is 4.72 Å². The Kier molecular flexibility index (Phi) is 6.15. The number of anilines is 1. The first kappa shape index (κ1) is 20.9. The summed E-state index contributed by atoms with van der Waals surface area (Å²) in [5, 5.41) is 0. The summed E-state index contributed by atoms with van der Waals surface area (Å²) in [5.41, 5.74) is 1.81. The Balaban J connectivity index is 1.85. The summed E-state index contributed by atoms with van der Waals surface area (Å²) in [4.78, 5) is 14.8. The van der Waals surface area contributed by atoms with E-state index in [-0.39, 0.29) is 10.8 Å². The number of sulfonamides is 1. The third kappa shape index (κ3) is 4.75. The van der Waals surface area contributed by atoms with Crippen LogP contribution in [0.5, 0.6) is 0 Å². The molecule has 0 aromatic heterocycles. The number of piperidine rings is 1. The van der Waals surface area contributed by atoms with Crippen molar-refractivity contribution < 1.29 is 13.2 Å². The molecule has 2 unspecified atom stereocenters. The van der Waals surface area contributed by atoms with Gasteiger partial charge in [-0.05, 0) is 77.0 Å². The van der Waals surface area contributed by atoms with Crippen LogP contribution in [0.2, 0.25) is 0 Å². The van der Waals surface area contributed by atoms with Crippen LogP contribution in [-0.2, 0) is 10.0 Å². The Hall–Kier alpha value is -1.86. The fourth-order valence-corrected chi connectivity index (χ4v) is 5.32. The summed E-state index contributed by atoms with van der Waals surface area (Å²) >= 11 is 3.37. The molecule has 1 amide bonds. The second-order valence-corrected chi connectivity index (χ2v) is 10.3. The molecule has 2 aromatic rings. The molecule has 1 heterocycles. The zero-order valence-electron chi connectivity index (χ0n) is 16.3. The van der Waals surface area contributed by atoms with Crippen LogP contribution in [0.1, 0.15) is 36.2 Å². The van der Waals surface area contributed by atoms with Gasteiger partial charge in [-0.15, -0.1) is 0 Å². The molecule has 0 aliphatic carbocycles. The molecule has 150 valence electrons. The van der Waals surface area contributed by atoms with E-state index in [1.165, 1.54) is 12.1 Å². The Morgan fingerprint density at radius 3 is 2.46 bits per heavy atom. The molecule has 0 radical (unpaired) electrons. The molecule has 2 aromatic carbocycles. The Labute approximate surface area is 175 Å². The highest BCUT2D eigenvalue weighted by atomic mass is 79.9. The average Bonchev–Trinajstić information content (AvgIpc) is 2.63. The highest BCUT2D eigenvalue weighted by molar-refractivity contribution is 9.10. The summed E-state index contributed by atoms with van der Waals surface area (Å²) in [6, 6.07) is 11.7. The quantitative estimate of drug-likeness (QED) is 0.714. The molecule has 1 aliphatic rings. The van der Waals surface area contributed by atoms with Crippen molar-refractivity contribution in [3.05, 3.63) is 58.1 Å². The van der Waals surface area contributed by atoms with Gasteiger partial charge in [0.1, 0.15) is 0 Å². The third-order valence-corrected chi connectivity index (χ3v) is 6.97. The first-order valence-corrected chi connectivity index (χ1v) is 11.6. The minimum absolute atomic E-state index is 0.0739. The summed E-state index contributed by atoms with van der Waals surface area (Å²) in [6.45, 7) is 7.58. The molecule has 1 fully saturated rings. The molecule has 0 bridgehead atoms. The van der Waals surface area contributed by atoms with Crippen LogP contribution in [0.3, 0.4) is 0 Å². The Bertz CT molecular complexity index is 981. The topological polar surface area (TPSA) is 66.5 Å². The number of hydrogen-bond donors (Lipinski definition) is 1. The van der Waals surface area contributed by atoms with Crippen LogP contribution in [0, 0.1) is 18.8 Å². The van der Waals surface area contributed by atoms with E-state index in [4.69, 9.17) is 0 Å². The fraction of sp³-hybridized carbons (Fsp3) is 0.381. The van der Waals surface area contributed by atoms with Crippen molar-refractivity contribution >= 4 is 37.5 Å². The first-order valence-electron chi connectivity index (χ1n) is 9.34. The third-order valence-electron chi connectivity index (χ3n) is 4.91. The second kappa shape index (κ2) is 8.25. The maximum absolute atomic E-state index is 12.9. The number of carbonyl (C=O) groups excluding carboxylic acids is 1. The number of carbonyl (C=O) groups is 1. The van der Waals surface area contributed by atoms with Crippen LogP contribution in [0.15, 0.2) is 51.8 Å². The van der Waals surface area contributed by atoms with Gasteiger partial charge in [-0.25, -0.2) is 8.42 Å². The summed E-state index contributed by atoms with van der Waals surface area (Å²) in [6.07, 6.45) is 1.10. The number of nitrogens with one attached hydrogen (secondary N) is 1. The number of rotatable bonds is 4. The van der Waals surface area contributed by atoms with Crippen molar-refractivity contribution in [3.63, 3.8) is 0 Å². The summed E-state index contributed by atoms with van der Waals surface area (Å²) in [7, 11) is -3.81. The van der Waals surface area contributed by atoms with E-state index in [1.54, 1.807) is 24.3 Å². The van der Waals surface area contributed by atoms with Crippen molar-refractivity contribution in [2.24, 2.45) is 11.8 Å². The normalized spacial score (nSPS) is 20.1. The highest BCUT2D eigenvalue weighted by Gasteiger charge is 2.27. The monoisotopic (exact) mass is 464 g/mol. The lowest BCUT2D eigenvalue weighted by atomic mass is 9.91. The minimum Gasteiger partial charge on any atom is -0.338 e. The van der Waals surface area contributed by atoms with Crippen molar-refractivity contribution in [3.8, 4) is 0 Å². The Morgan fingerprint density at radius 2 is 1.79 bits per heavy atom. The smallest absolute Gasteiger partial charge is 0.261 e. The van der Waals surface area contributed by atoms with E-state index in [0.717, 1.165) is 12.0 Å². The van der Waals surface area contributed by atoms with Crippen molar-refractivity contribution in [2.45, 2.75) is 32.1 Å². The van der Waals surface area contributed by atoms with Crippen molar-refractivity contribution in [2.75, 3.05) is 17.8 Å². The van der Waals surface area contributed by atoms with Gasteiger partial charge in [-0.3, -0.25) is 9.52 Å². The van der Waals surface area contributed by atoms with Gasteiger partial charge in [0, 0.05) is 23.1 Å². The highest BCUT2D eigenvalue weighted by Crippen LogP contribution is 2.27. The molecule has 2 atom stereocenters. The van der Waals surface area contributed by atoms with Gasteiger partial charge in [0.25, 0.3) is 15.9 Å². The van der Waals surface area contributed by atoms with Gasteiger partial charge < -0.3 is 4.90 Å². The predicted molar refractivity (Wildman–Crippen MR) is 115 cm³/mol. The lowest BCUT2D eigenvalue weighted by Gasteiger charge is -2.35. The Morgan fingerprint density at radius 1 is 1.11 bits per heavy atom. The minimum atomic E-state index is -3.81. The van der Waals surface area contributed by atoms with E-state index >= 15 is 0 Å². The predicted octanol–water partition coefficient (Wildman–Crippen LogP) is 4.68. The van der Waals surface area contributed by atoms with E-state index in [1.807, 2.05) is 17.9 Å². The zero-order valence-corrected chi connectivity index (χ0v) is 18.7. The van der Waals surface area contributed by atoms with Crippen LogP contribution in [-0.4, -0.2) is 32.3 Å². The fourth-order valence-electron chi connectivity index (χ4n) is 3.73. The van der Waals surface area contributed by atoms with E-state index in [2.05, 4.69) is 34.5 Å². The van der Waals surface area contributed by atoms with Crippen LogP contribution in [0.4, 0.5) is 5.69 Å². The number of hydrogen-bond acceptors (Lipinski definition) is 3. The molecule has 0 spiro atoms. The van der Waals surface area contributed by atoms with Gasteiger partial charge >= 0.3 is 0 Å². The molecular formula is C21H25BrN2O3S. The first-order chi connectivity index (χ1) is 13.2. The number of amides is 1. The number of benzene rings is 2. The number of aryl methyl sites for hydroxylation is 1. The standard InChI is InChI=1S/C21H25BrN2O3S/c1-14-7-8-19(22)20(10-14)23-28(26,27)18-6-4-5-17(11-18)21(25)24-12-15(2)9-16(3)13-24/h4-8,10-11,15-16,23H,9,12-13H2,1-3H3. The van der Waals surface area contributed by atoms with E-state index in [0.29, 0.717) is 40.6 Å². The molecule has 3 rings (SSSR count). The number of nitrogens with zero attached hydrogens (tertiary/aromatic N) is 1. The molecule has 28 heavy (non-hydrogen) atoms. The average molecular weight is 465 g/mol. The van der Waals surface area contributed by atoms with Crippen molar-refractivity contribution in [1.82, 2.24) is 4.90 Å².